The molecule has 0 spiro atoms. The molecule has 1 aromatic carbocycles. The highest BCUT2D eigenvalue weighted by molar-refractivity contribution is 9.10. The van der Waals surface area contributed by atoms with Crippen molar-refractivity contribution in [3.63, 3.8) is 0 Å². The van der Waals surface area contributed by atoms with Crippen LogP contribution in [0.5, 0.6) is 0 Å². The average Bonchev–Trinajstić information content (AvgIpc) is 2.45. The summed E-state index contributed by atoms with van der Waals surface area (Å²) in [5.74, 6) is 0.424. The number of halogens is 1. The Morgan fingerprint density at radius 2 is 2.00 bits per heavy atom. The Morgan fingerprint density at radius 3 is 2.68 bits per heavy atom. The zero-order valence-electron chi connectivity index (χ0n) is 10.2. The summed E-state index contributed by atoms with van der Waals surface area (Å²) >= 11 is 4.90. The molecule has 0 bridgehead atoms. The number of thioether (sulfide) groups is 1. The van der Waals surface area contributed by atoms with Gasteiger partial charge in [-0.3, -0.25) is 9.78 Å². The molecule has 2 rings (SSSR count). The van der Waals surface area contributed by atoms with E-state index >= 15 is 0 Å². The average molecular weight is 337 g/mol. The summed E-state index contributed by atoms with van der Waals surface area (Å²) in [5.41, 5.74) is 0.865. The van der Waals surface area contributed by atoms with E-state index in [1.165, 1.54) is 11.8 Å². The zero-order chi connectivity index (χ0) is 13.5. The summed E-state index contributed by atoms with van der Waals surface area (Å²) in [6, 6.07) is 13.6. The van der Waals surface area contributed by atoms with E-state index in [2.05, 4.69) is 26.2 Å². The summed E-state index contributed by atoms with van der Waals surface area (Å²) in [4.78, 5) is 16.9. The van der Waals surface area contributed by atoms with Crippen molar-refractivity contribution in [3.05, 3.63) is 58.8 Å². The maximum Gasteiger partial charge on any atom is 0.230 e. The lowest BCUT2D eigenvalue weighted by Crippen LogP contribution is -2.24. The van der Waals surface area contributed by atoms with Gasteiger partial charge < -0.3 is 5.32 Å². The van der Waals surface area contributed by atoms with Crippen LogP contribution in [0, 0.1) is 0 Å². The van der Waals surface area contributed by atoms with Gasteiger partial charge in [-0.05, 0) is 36.4 Å². The highest BCUT2D eigenvalue weighted by Crippen LogP contribution is 2.20. The molecule has 1 N–H and O–H groups in total. The van der Waals surface area contributed by atoms with Crippen LogP contribution in [0.3, 0.4) is 0 Å². The van der Waals surface area contributed by atoms with Crippen molar-refractivity contribution in [2.75, 3.05) is 5.75 Å². The first-order valence-electron chi connectivity index (χ1n) is 5.79. The summed E-state index contributed by atoms with van der Waals surface area (Å²) in [6.45, 7) is 0.473. The fourth-order valence-corrected chi connectivity index (χ4v) is 2.42. The fraction of sp³-hybridized carbons (Fsp3) is 0.143. The van der Waals surface area contributed by atoms with Crippen molar-refractivity contribution < 1.29 is 4.79 Å². The summed E-state index contributed by atoms with van der Waals surface area (Å²) < 4.78 is 1.04. The van der Waals surface area contributed by atoms with Crippen LogP contribution in [0.4, 0.5) is 0 Å². The number of nitrogens with zero attached hydrogens (tertiary/aromatic N) is 1. The number of nitrogens with one attached hydrogen (secondary N) is 1. The summed E-state index contributed by atoms with van der Waals surface area (Å²) in [5, 5.41) is 2.85. The van der Waals surface area contributed by atoms with E-state index in [0.717, 1.165) is 15.1 Å². The number of carbonyl (C=O) groups excluding carboxylic acids is 1. The Labute approximate surface area is 125 Å². The number of pyridine rings is 1. The van der Waals surface area contributed by atoms with Crippen LogP contribution < -0.4 is 5.32 Å². The lowest BCUT2D eigenvalue weighted by atomic mass is 10.3. The monoisotopic (exact) mass is 336 g/mol. The van der Waals surface area contributed by atoms with Crippen molar-refractivity contribution in [3.8, 4) is 0 Å². The molecule has 1 amide bonds. The van der Waals surface area contributed by atoms with E-state index in [9.17, 15) is 4.79 Å². The van der Waals surface area contributed by atoms with Gasteiger partial charge in [0.15, 0.2) is 0 Å². The third-order valence-corrected chi connectivity index (χ3v) is 3.92. The molecule has 0 aliphatic heterocycles. The minimum absolute atomic E-state index is 0.0126. The Hall–Kier alpha value is -1.33. The number of aromatic nitrogens is 1. The first-order valence-corrected chi connectivity index (χ1v) is 7.57. The molecule has 0 unspecified atom stereocenters. The lowest BCUT2D eigenvalue weighted by Gasteiger charge is -2.04. The number of carbonyl (C=O) groups is 1. The zero-order valence-corrected chi connectivity index (χ0v) is 12.6. The second-order valence-corrected chi connectivity index (χ2v) is 5.80. The minimum atomic E-state index is 0.0126. The van der Waals surface area contributed by atoms with Crippen molar-refractivity contribution >= 4 is 33.6 Å². The maximum absolute atomic E-state index is 11.7. The second kappa shape index (κ2) is 7.31. The van der Waals surface area contributed by atoms with Gasteiger partial charge in [-0.1, -0.05) is 22.0 Å². The topological polar surface area (TPSA) is 42.0 Å². The lowest BCUT2D eigenvalue weighted by molar-refractivity contribution is -0.118. The molecule has 0 radical (unpaired) electrons. The van der Waals surface area contributed by atoms with Crippen molar-refractivity contribution in [2.24, 2.45) is 0 Å². The van der Waals surface area contributed by atoms with Gasteiger partial charge in [0.05, 0.1) is 18.0 Å². The van der Waals surface area contributed by atoms with E-state index < -0.39 is 0 Å². The molecular weight excluding hydrogens is 324 g/mol. The SMILES string of the molecule is O=C(CSc1ccc(Br)cc1)NCc1ccccn1. The Kier molecular flexibility index (Phi) is 5.42. The molecule has 0 fully saturated rings. The number of hydrogen-bond donors (Lipinski definition) is 1. The first kappa shape index (κ1) is 14.1. The number of hydrogen-bond acceptors (Lipinski definition) is 3. The van der Waals surface area contributed by atoms with Crippen LogP contribution in [0.25, 0.3) is 0 Å². The predicted molar refractivity (Wildman–Crippen MR) is 80.9 cm³/mol. The van der Waals surface area contributed by atoms with Gasteiger partial charge in [0.1, 0.15) is 0 Å². The number of amides is 1. The molecule has 5 heteroatoms. The van der Waals surface area contributed by atoms with Gasteiger partial charge in [0.25, 0.3) is 0 Å². The third kappa shape index (κ3) is 5.04. The minimum Gasteiger partial charge on any atom is -0.350 e. The highest BCUT2D eigenvalue weighted by Gasteiger charge is 2.03. The predicted octanol–water partition coefficient (Wildman–Crippen LogP) is 3.25. The van der Waals surface area contributed by atoms with Crippen molar-refractivity contribution in [2.45, 2.75) is 11.4 Å². The molecule has 3 nitrogen and oxygen atoms in total. The van der Waals surface area contributed by atoms with Crippen molar-refractivity contribution in [1.29, 1.82) is 0 Å². The third-order valence-electron chi connectivity index (χ3n) is 2.38. The summed E-state index contributed by atoms with van der Waals surface area (Å²) in [7, 11) is 0. The van der Waals surface area contributed by atoms with Crippen molar-refractivity contribution in [1.82, 2.24) is 10.3 Å². The van der Waals surface area contributed by atoms with Gasteiger partial charge in [-0.15, -0.1) is 11.8 Å². The van der Waals surface area contributed by atoms with Crippen LogP contribution in [0.1, 0.15) is 5.69 Å². The van der Waals surface area contributed by atoms with E-state index in [0.29, 0.717) is 12.3 Å². The van der Waals surface area contributed by atoms with Gasteiger partial charge in [-0.2, -0.15) is 0 Å². The van der Waals surface area contributed by atoms with Crippen LogP contribution in [0.2, 0.25) is 0 Å². The van der Waals surface area contributed by atoms with E-state index in [1.54, 1.807) is 6.20 Å². The van der Waals surface area contributed by atoms with Gasteiger partial charge >= 0.3 is 0 Å². The molecule has 0 atom stereocenters. The van der Waals surface area contributed by atoms with E-state index in [4.69, 9.17) is 0 Å². The molecule has 0 aliphatic carbocycles. The number of rotatable bonds is 5. The molecule has 2 aromatic rings. The normalized spacial score (nSPS) is 10.2. The van der Waals surface area contributed by atoms with Gasteiger partial charge in [-0.25, -0.2) is 0 Å². The highest BCUT2D eigenvalue weighted by atomic mass is 79.9. The molecular formula is C14H13BrN2OS. The molecule has 0 saturated heterocycles. The van der Waals surface area contributed by atoms with E-state index in [1.807, 2.05) is 42.5 Å². The molecule has 0 saturated carbocycles. The Morgan fingerprint density at radius 1 is 1.21 bits per heavy atom. The van der Waals surface area contributed by atoms with E-state index in [-0.39, 0.29) is 5.91 Å². The number of benzene rings is 1. The quantitative estimate of drug-likeness (QED) is 0.852. The molecule has 1 aromatic heterocycles. The van der Waals surface area contributed by atoms with Gasteiger partial charge in [0.2, 0.25) is 5.91 Å². The fourth-order valence-electron chi connectivity index (χ4n) is 1.42. The molecule has 98 valence electrons. The largest absolute Gasteiger partial charge is 0.350 e. The molecule has 1 heterocycles. The Bertz CT molecular complexity index is 531. The van der Waals surface area contributed by atoms with Crippen LogP contribution in [-0.4, -0.2) is 16.6 Å². The Balaban J connectivity index is 1.74. The molecule has 19 heavy (non-hydrogen) atoms. The van der Waals surface area contributed by atoms with Crippen LogP contribution >= 0.6 is 27.7 Å². The van der Waals surface area contributed by atoms with Crippen LogP contribution in [0.15, 0.2) is 58.0 Å². The first-order chi connectivity index (χ1) is 9.24. The molecule has 0 aliphatic rings. The van der Waals surface area contributed by atoms with Gasteiger partial charge in [0, 0.05) is 15.6 Å². The van der Waals surface area contributed by atoms with Crippen LogP contribution in [-0.2, 0) is 11.3 Å². The standard InChI is InChI=1S/C14H13BrN2OS/c15-11-4-6-13(7-5-11)19-10-14(18)17-9-12-3-1-2-8-16-12/h1-8H,9-10H2,(H,17,18). The second-order valence-electron chi connectivity index (χ2n) is 3.84. The summed E-state index contributed by atoms with van der Waals surface area (Å²) in [6.07, 6.45) is 1.72. The smallest absolute Gasteiger partial charge is 0.230 e. The maximum atomic E-state index is 11.7.